The summed E-state index contributed by atoms with van der Waals surface area (Å²) in [7, 11) is 0. The summed E-state index contributed by atoms with van der Waals surface area (Å²) in [5, 5.41) is 0. The number of rotatable bonds is 5. The maximum absolute atomic E-state index is 12.9. The Hall–Kier alpha value is -2.92. The molecule has 1 aliphatic rings. The number of aryl methyl sites for hydroxylation is 2. The fourth-order valence-corrected chi connectivity index (χ4v) is 4.81. The molecule has 5 rings (SSSR count). The number of nitrogens with zero attached hydrogens (tertiary/aromatic N) is 3. The van der Waals surface area contributed by atoms with E-state index in [4.69, 9.17) is 4.98 Å². The SMILES string of the molecule is O=C1CC(c2nc3ccccc3n2CCc2ccccc2)CN1c1ccccc1Br. The smallest absolute Gasteiger partial charge is 0.227 e. The van der Waals surface area contributed by atoms with Gasteiger partial charge < -0.3 is 9.47 Å². The summed E-state index contributed by atoms with van der Waals surface area (Å²) in [6, 6.07) is 26.7. The highest BCUT2D eigenvalue weighted by Crippen LogP contribution is 2.36. The summed E-state index contributed by atoms with van der Waals surface area (Å²) in [6.45, 7) is 1.50. The van der Waals surface area contributed by atoms with E-state index in [1.54, 1.807) is 0 Å². The lowest BCUT2D eigenvalue weighted by molar-refractivity contribution is -0.117. The minimum absolute atomic E-state index is 0.0766. The minimum Gasteiger partial charge on any atom is -0.327 e. The number of hydrogen-bond donors (Lipinski definition) is 0. The van der Waals surface area contributed by atoms with Crippen molar-refractivity contribution in [1.29, 1.82) is 0 Å². The molecule has 1 saturated heterocycles. The molecular formula is C25H22BrN3O. The van der Waals surface area contributed by atoms with E-state index in [0.29, 0.717) is 13.0 Å². The van der Waals surface area contributed by atoms with Gasteiger partial charge in [0.05, 0.1) is 16.7 Å². The van der Waals surface area contributed by atoms with Crippen LogP contribution in [-0.2, 0) is 17.8 Å². The van der Waals surface area contributed by atoms with Crippen LogP contribution < -0.4 is 4.90 Å². The molecule has 0 saturated carbocycles. The zero-order valence-corrected chi connectivity index (χ0v) is 18.1. The highest BCUT2D eigenvalue weighted by Gasteiger charge is 2.35. The molecule has 1 atom stereocenters. The number of amides is 1. The third-order valence-corrected chi connectivity index (χ3v) is 6.45. The van der Waals surface area contributed by atoms with Crippen molar-refractivity contribution in [2.75, 3.05) is 11.4 Å². The molecular weight excluding hydrogens is 438 g/mol. The van der Waals surface area contributed by atoms with Crippen molar-refractivity contribution in [3.63, 3.8) is 0 Å². The predicted octanol–water partition coefficient (Wildman–Crippen LogP) is 5.56. The highest BCUT2D eigenvalue weighted by molar-refractivity contribution is 9.10. The van der Waals surface area contributed by atoms with Gasteiger partial charge in [-0.3, -0.25) is 4.79 Å². The number of carbonyl (C=O) groups is 1. The Morgan fingerprint density at radius 3 is 2.50 bits per heavy atom. The third-order valence-electron chi connectivity index (χ3n) is 5.78. The van der Waals surface area contributed by atoms with Crippen LogP contribution in [0.1, 0.15) is 23.7 Å². The Kier molecular flexibility index (Phi) is 5.13. The van der Waals surface area contributed by atoms with E-state index in [0.717, 1.165) is 40.0 Å². The fourth-order valence-electron chi connectivity index (χ4n) is 4.31. The van der Waals surface area contributed by atoms with Crippen molar-refractivity contribution in [3.05, 3.63) is 94.7 Å². The zero-order chi connectivity index (χ0) is 20.5. The predicted molar refractivity (Wildman–Crippen MR) is 124 cm³/mol. The molecule has 30 heavy (non-hydrogen) atoms. The summed E-state index contributed by atoms with van der Waals surface area (Å²) >= 11 is 3.59. The molecule has 0 N–H and O–H groups in total. The summed E-state index contributed by atoms with van der Waals surface area (Å²) in [5.74, 6) is 1.23. The summed E-state index contributed by atoms with van der Waals surface area (Å²) in [6.07, 6.45) is 1.42. The second-order valence-electron chi connectivity index (χ2n) is 7.70. The van der Waals surface area contributed by atoms with Gasteiger partial charge in [0.15, 0.2) is 0 Å². The van der Waals surface area contributed by atoms with Gasteiger partial charge in [0.25, 0.3) is 0 Å². The van der Waals surface area contributed by atoms with Crippen molar-refractivity contribution >= 4 is 38.6 Å². The number of anilines is 1. The number of hydrogen-bond acceptors (Lipinski definition) is 2. The van der Waals surface area contributed by atoms with Gasteiger partial charge in [-0.1, -0.05) is 54.6 Å². The quantitative estimate of drug-likeness (QED) is 0.391. The van der Waals surface area contributed by atoms with Crippen LogP contribution in [0.4, 0.5) is 5.69 Å². The Morgan fingerprint density at radius 1 is 0.933 bits per heavy atom. The molecule has 1 amide bonds. The van der Waals surface area contributed by atoms with Crippen LogP contribution in [0.2, 0.25) is 0 Å². The molecule has 1 unspecified atom stereocenters. The number of carbonyl (C=O) groups excluding carboxylic acids is 1. The van der Waals surface area contributed by atoms with Crippen LogP contribution in [0.5, 0.6) is 0 Å². The molecule has 3 aromatic carbocycles. The Balaban J connectivity index is 1.48. The number of para-hydroxylation sites is 3. The van der Waals surface area contributed by atoms with Crippen molar-refractivity contribution in [1.82, 2.24) is 9.55 Å². The van der Waals surface area contributed by atoms with Gasteiger partial charge in [-0.15, -0.1) is 0 Å². The summed E-state index contributed by atoms with van der Waals surface area (Å²) < 4.78 is 3.25. The fraction of sp³-hybridized carbons (Fsp3) is 0.200. The maximum Gasteiger partial charge on any atom is 0.227 e. The first-order valence-corrected chi connectivity index (χ1v) is 11.0. The monoisotopic (exact) mass is 459 g/mol. The number of aromatic nitrogens is 2. The lowest BCUT2D eigenvalue weighted by atomic mass is 10.1. The van der Waals surface area contributed by atoms with Crippen LogP contribution in [0.25, 0.3) is 11.0 Å². The lowest BCUT2D eigenvalue weighted by Crippen LogP contribution is -2.25. The highest BCUT2D eigenvalue weighted by atomic mass is 79.9. The van der Waals surface area contributed by atoms with E-state index < -0.39 is 0 Å². The van der Waals surface area contributed by atoms with E-state index in [1.165, 1.54) is 5.56 Å². The van der Waals surface area contributed by atoms with Crippen molar-refractivity contribution in [2.45, 2.75) is 25.3 Å². The molecule has 1 aliphatic heterocycles. The number of halogens is 1. The summed E-state index contributed by atoms with van der Waals surface area (Å²) in [4.78, 5) is 19.7. The van der Waals surface area contributed by atoms with Crippen molar-refractivity contribution in [2.24, 2.45) is 0 Å². The van der Waals surface area contributed by atoms with Crippen molar-refractivity contribution < 1.29 is 4.79 Å². The van der Waals surface area contributed by atoms with E-state index in [1.807, 2.05) is 41.3 Å². The average Bonchev–Trinajstić information content (AvgIpc) is 3.34. The second kappa shape index (κ2) is 8.07. The van der Waals surface area contributed by atoms with E-state index in [-0.39, 0.29) is 11.8 Å². The van der Waals surface area contributed by atoms with Crippen LogP contribution in [-0.4, -0.2) is 22.0 Å². The zero-order valence-electron chi connectivity index (χ0n) is 16.5. The van der Waals surface area contributed by atoms with Crippen LogP contribution in [0, 0.1) is 0 Å². The van der Waals surface area contributed by atoms with Gasteiger partial charge in [0.2, 0.25) is 5.91 Å². The van der Waals surface area contributed by atoms with Gasteiger partial charge >= 0.3 is 0 Å². The van der Waals surface area contributed by atoms with E-state index in [2.05, 4.69) is 63.0 Å². The molecule has 150 valence electrons. The normalized spacial score (nSPS) is 16.5. The first-order chi connectivity index (χ1) is 14.7. The first kappa shape index (κ1) is 19.1. The number of fused-ring (bicyclic) bond motifs is 1. The minimum atomic E-state index is 0.0766. The largest absolute Gasteiger partial charge is 0.327 e. The lowest BCUT2D eigenvalue weighted by Gasteiger charge is -2.18. The van der Waals surface area contributed by atoms with Gasteiger partial charge in [0.1, 0.15) is 5.82 Å². The topological polar surface area (TPSA) is 38.1 Å². The molecule has 0 bridgehead atoms. The molecule has 1 fully saturated rings. The first-order valence-electron chi connectivity index (χ1n) is 10.2. The third kappa shape index (κ3) is 3.54. The van der Waals surface area contributed by atoms with Gasteiger partial charge in [-0.25, -0.2) is 4.98 Å². The van der Waals surface area contributed by atoms with Gasteiger partial charge in [0, 0.05) is 29.9 Å². The Bertz CT molecular complexity index is 1200. The molecule has 2 heterocycles. The average molecular weight is 460 g/mol. The van der Waals surface area contributed by atoms with Gasteiger partial charge in [-0.05, 0) is 52.2 Å². The van der Waals surface area contributed by atoms with Crippen LogP contribution >= 0.6 is 15.9 Å². The molecule has 0 aliphatic carbocycles. The van der Waals surface area contributed by atoms with Crippen molar-refractivity contribution in [3.8, 4) is 0 Å². The Morgan fingerprint density at radius 2 is 1.67 bits per heavy atom. The maximum atomic E-state index is 12.9. The van der Waals surface area contributed by atoms with Crippen LogP contribution in [0.3, 0.4) is 0 Å². The molecule has 4 aromatic rings. The van der Waals surface area contributed by atoms with E-state index in [9.17, 15) is 4.79 Å². The van der Waals surface area contributed by atoms with Crippen LogP contribution in [0.15, 0.2) is 83.3 Å². The standard InChI is InChI=1S/C25H22BrN3O/c26-20-10-4-6-12-22(20)29-17-19(16-24(29)30)25-27-21-11-5-7-13-23(21)28(25)15-14-18-8-2-1-3-9-18/h1-13,19H,14-17H2. The Labute approximate surface area is 184 Å². The number of imidazole rings is 1. The molecule has 4 nitrogen and oxygen atoms in total. The molecule has 1 aromatic heterocycles. The van der Waals surface area contributed by atoms with Gasteiger partial charge in [-0.2, -0.15) is 0 Å². The van der Waals surface area contributed by atoms with E-state index >= 15 is 0 Å². The molecule has 5 heteroatoms. The molecule has 0 radical (unpaired) electrons. The second-order valence-corrected chi connectivity index (χ2v) is 8.56. The number of benzene rings is 3. The summed E-state index contributed by atoms with van der Waals surface area (Å²) in [5.41, 5.74) is 4.36. The molecule has 0 spiro atoms.